The minimum atomic E-state index is -0.900. The molecule has 0 radical (unpaired) electrons. The van der Waals surface area contributed by atoms with E-state index in [4.69, 9.17) is 5.11 Å². The summed E-state index contributed by atoms with van der Waals surface area (Å²) in [4.78, 5) is 35.0. The van der Waals surface area contributed by atoms with Crippen LogP contribution in [0.3, 0.4) is 0 Å². The number of carboxylic acid groups (broad SMARTS) is 1. The van der Waals surface area contributed by atoms with Gasteiger partial charge in [0.1, 0.15) is 6.54 Å². The first-order valence-corrected chi connectivity index (χ1v) is 5.86. The van der Waals surface area contributed by atoms with E-state index in [1.807, 2.05) is 0 Å². The Bertz CT molecular complexity index is 344. The molecule has 2 amide bonds. The van der Waals surface area contributed by atoms with Gasteiger partial charge in [-0.15, -0.1) is 0 Å². The van der Waals surface area contributed by atoms with Crippen molar-refractivity contribution in [2.45, 2.75) is 13.8 Å². The number of likely N-dealkylation sites (tertiary alicyclic amines) is 1. The Hall–Kier alpha value is -1.79. The standard InChI is InChI=1S/C11H18N2O5/c1-3-18-9(14)4-12-11(17)13-5-7(2)8(6-13)10(15)16/h7-8H,3-6H2,1-2H3,(H,12,17)(H,15,16). The maximum atomic E-state index is 11.7. The van der Waals surface area contributed by atoms with Crippen molar-refractivity contribution in [1.29, 1.82) is 0 Å². The van der Waals surface area contributed by atoms with Gasteiger partial charge < -0.3 is 20.1 Å². The highest BCUT2D eigenvalue weighted by Crippen LogP contribution is 2.22. The summed E-state index contributed by atoms with van der Waals surface area (Å²) >= 11 is 0. The van der Waals surface area contributed by atoms with Crippen molar-refractivity contribution in [3.63, 3.8) is 0 Å². The zero-order valence-corrected chi connectivity index (χ0v) is 10.5. The van der Waals surface area contributed by atoms with Crippen molar-refractivity contribution in [3.8, 4) is 0 Å². The summed E-state index contributed by atoms with van der Waals surface area (Å²) in [7, 11) is 0. The average Bonchev–Trinajstić information content (AvgIpc) is 2.69. The molecule has 18 heavy (non-hydrogen) atoms. The summed E-state index contributed by atoms with van der Waals surface area (Å²) < 4.78 is 4.67. The lowest BCUT2D eigenvalue weighted by molar-refractivity contribution is -0.143. The Morgan fingerprint density at radius 2 is 2.06 bits per heavy atom. The molecule has 2 unspecified atom stereocenters. The average molecular weight is 258 g/mol. The third-order valence-electron chi connectivity index (χ3n) is 2.91. The maximum Gasteiger partial charge on any atom is 0.325 e. The fourth-order valence-corrected chi connectivity index (χ4v) is 1.93. The molecular formula is C11H18N2O5. The zero-order chi connectivity index (χ0) is 13.7. The van der Waals surface area contributed by atoms with Crippen LogP contribution < -0.4 is 5.32 Å². The number of hydrogen-bond acceptors (Lipinski definition) is 4. The van der Waals surface area contributed by atoms with Crippen molar-refractivity contribution in [2.24, 2.45) is 11.8 Å². The SMILES string of the molecule is CCOC(=O)CNC(=O)N1CC(C)C(C(=O)O)C1. The Labute approximate surface area is 105 Å². The van der Waals surface area contributed by atoms with Crippen LogP contribution in [-0.2, 0) is 14.3 Å². The van der Waals surface area contributed by atoms with Crippen molar-refractivity contribution in [2.75, 3.05) is 26.2 Å². The topological polar surface area (TPSA) is 95.9 Å². The van der Waals surface area contributed by atoms with Gasteiger partial charge in [-0.3, -0.25) is 9.59 Å². The number of amides is 2. The number of nitrogens with one attached hydrogen (secondary N) is 1. The molecule has 0 aromatic carbocycles. The summed E-state index contributed by atoms with van der Waals surface area (Å²) in [5, 5.41) is 11.3. The minimum absolute atomic E-state index is 0.0872. The van der Waals surface area contributed by atoms with E-state index in [-0.39, 0.29) is 25.6 Å². The fourth-order valence-electron chi connectivity index (χ4n) is 1.93. The van der Waals surface area contributed by atoms with E-state index in [9.17, 15) is 14.4 Å². The molecule has 1 rings (SSSR count). The van der Waals surface area contributed by atoms with Crippen LogP contribution >= 0.6 is 0 Å². The molecule has 0 aromatic rings. The van der Waals surface area contributed by atoms with Crippen molar-refractivity contribution in [1.82, 2.24) is 10.2 Å². The first-order chi connectivity index (χ1) is 8.45. The largest absolute Gasteiger partial charge is 0.481 e. The third-order valence-corrected chi connectivity index (χ3v) is 2.91. The first-order valence-electron chi connectivity index (χ1n) is 5.86. The van der Waals surface area contributed by atoms with Crippen molar-refractivity contribution >= 4 is 18.0 Å². The van der Waals surface area contributed by atoms with Crippen molar-refractivity contribution < 1.29 is 24.2 Å². The van der Waals surface area contributed by atoms with E-state index in [2.05, 4.69) is 10.1 Å². The van der Waals surface area contributed by atoms with E-state index < -0.39 is 23.9 Å². The molecule has 0 aromatic heterocycles. The number of nitrogens with zero attached hydrogens (tertiary/aromatic N) is 1. The summed E-state index contributed by atoms with van der Waals surface area (Å²) in [5.41, 5.74) is 0. The van der Waals surface area contributed by atoms with Gasteiger partial charge in [-0.2, -0.15) is 0 Å². The molecule has 1 fully saturated rings. The van der Waals surface area contributed by atoms with Gasteiger partial charge in [-0.25, -0.2) is 4.79 Å². The molecule has 102 valence electrons. The van der Waals surface area contributed by atoms with E-state index in [1.54, 1.807) is 13.8 Å². The van der Waals surface area contributed by atoms with E-state index in [0.29, 0.717) is 6.54 Å². The highest BCUT2D eigenvalue weighted by Gasteiger charge is 2.36. The second kappa shape index (κ2) is 6.23. The van der Waals surface area contributed by atoms with Gasteiger partial charge in [0.05, 0.1) is 12.5 Å². The van der Waals surface area contributed by atoms with E-state index in [1.165, 1.54) is 4.90 Å². The van der Waals surface area contributed by atoms with E-state index in [0.717, 1.165) is 0 Å². The zero-order valence-electron chi connectivity index (χ0n) is 10.5. The van der Waals surface area contributed by atoms with E-state index >= 15 is 0 Å². The molecule has 2 N–H and O–H groups in total. The molecule has 0 bridgehead atoms. The molecule has 0 saturated carbocycles. The van der Waals surface area contributed by atoms with Gasteiger partial charge in [0.2, 0.25) is 0 Å². The normalized spacial score (nSPS) is 22.7. The third kappa shape index (κ3) is 3.61. The van der Waals surface area contributed by atoms with Gasteiger partial charge >= 0.3 is 18.0 Å². The molecule has 1 aliphatic rings. The predicted octanol–water partition coefficient (Wildman–Crippen LogP) is -0.0884. The first kappa shape index (κ1) is 14.3. The van der Waals surface area contributed by atoms with Crippen LogP contribution in [0, 0.1) is 11.8 Å². The molecule has 7 heteroatoms. The van der Waals surface area contributed by atoms with Gasteiger partial charge in [0, 0.05) is 13.1 Å². The Balaban J connectivity index is 2.40. The van der Waals surface area contributed by atoms with Crippen LogP contribution in [0.2, 0.25) is 0 Å². The van der Waals surface area contributed by atoms with Crippen LogP contribution in [0.4, 0.5) is 4.79 Å². The summed E-state index contributed by atoms with van der Waals surface area (Å²) in [6, 6.07) is -0.432. The van der Waals surface area contributed by atoms with Crippen LogP contribution in [0.25, 0.3) is 0 Å². The number of esters is 1. The molecule has 1 saturated heterocycles. The Morgan fingerprint density at radius 1 is 1.39 bits per heavy atom. The number of hydrogen-bond donors (Lipinski definition) is 2. The lowest BCUT2D eigenvalue weighted by Crippen LogP contribution is -2.41. The summed E-state index contributed by atoms with van der Waals surface area (Å²) in [6.07, 6.45) is 0. The molecule has 0 spiro atoms. The highest BCUT2D eigenvalue weighted by molar-refractivity contribution is 5.82. The fraction of sp³-hybridized carbons (Fsp3) is 0.727. The number of aliphatic carboxylic acids is 1. The second-order valence-electron chi connectivity index (χ2n) is 4.29. The maximum absolute atomic E-state index is 11.7. The molecule has 1 aliphatic heterocycles. The van der Waals surface area contributed by atoms with Crippen LogP contribution in [-0.4, -0.2) is 54.2 Å². The second-order valence-corrected chi connectivity index (χ2v) is 4.29. The minimum Gasteiger partial charge on any atom is -0.481 e. The number of urea groups is 1. The van der Waals surface area contributed by atoms with Crippen LogP contribution in [0.5, 0.6) is 0 Å². The van der Waals surface area contributed by atoms with Gasteiger partial charge in [0.15, 0.2) is 0 Å². The summed E-state index contributed by atoms with van der Waals surface area (Å²) in [5.74, 6) is -2.04. The summed E-state index contributed by atoms with van der Waals surface area (Å²) in [6.45, 7) is 4.08. The number of carboxylic acids is 1. The lowest BCUT2D eigenvalue weighted by Gasteiger charge is -2.16. The number of ether oxygens (including phenoxy) is 1. The Morgan fingerprint density at radius 3 is 2.56 bits per heavy atom. The smallest absolute Gasteiger partial charge is 0.325 e. The van der Waals surface area contributed by atoms with Gasteiger partial charge in [-0.05, 0) is 12.8 Å². The van der Waals surface area contributed by atoms with Crippen LogP contribution in [0.15, 0.2) is 0 Å². The molecule has 2 atom stereocenters. The lowest BCUT2D eigenvalue weighted by atomic mass is 9.99. The molecule has 7 nitrogen and oxygen atoms in total. The predicted molar refractivity (Wildman–Crippen MR) is 61.9 cm³/mol. The van der Waals surface area contributed by atoms with Gasteiger partial charge in [-0.1, -0.05) is 6.92 Å². The highest BCUT2D eigenvalue weighted by atomic mass is 16.5. The van der Waals surface area contributed by atoms with Crippen LogP contribution in [0.1, 0.15) is 13.8 Å². The molecule has 1 heterocycles. The number of rotatable bonds is 4. The quantitative estimate of drug-likeness (QED) is 0.687. The monoisotopic (exact) mass is 258 g/mol. The van der Waals surface area contributed by atoms with Crippen molar-refractivity contribution in [3.05, 3.63) is 0 Å². The Kier molecular flexibility index (Phi) is 4.94. The molecule has 0 aliphatic carbocycles. The van der Waals surface area contributed by atoms with Gasteiger partial charge in [0.25, 0.3) is 0 Å². The number of carbonyl (C=O) groups excluding carboxylic acids is 2. The number of carbonyl (C=O) groups is 3. The molecular weight excluding hydrogens is 240 g/mol.